The molecule has 0 bridgehead atoms. The van der Waals surface area contributed by atoms with Crippen molar-refractivity contribution in [1.29, 1.82) is 0 Å². The number of nitrogens with one attached hydrogen (secondary N) is 1. The number of nitrogens with zero attached hydrogens (tertiary/aromatic N) is 1. The second-order valence-corrected chi connectivity index (χ2v) is 8.33. The van der Waals surface area contributed by atoms with Gasteiger partial charge in [-0.15, -0.1) is 0 Å². The lowest BCUT2D eigenvalue weighted by molar-refractivity contribution is 0.124. The van der Waals surface area contributed by atoms with E-state index in [2.05, 4.69) is 31.0 Å². The highest BCUT2D eigenvalue weighted by molar-refractivity contribution is 5.22. The van der Waals surface area contributed by atoms with Gasteiger partial charge in [0.05, 0.1) is 6.61 Å². The predicted molar refractivity (Wildman–Crippen MR) is 87.3 cm³/mol. The molecule has 3 nitrogen and oxygen atoms in total. The van der Waals surface area contributed by atoms with Gasteiger partial charge in [-0.25, -0.2) is 0 Å². The van der Waals surface area contributed by atoms with Gasteiger partial charge in [0.25, 0.3) is 0 Å². The van der Waals surface area contributed by atoms with Crippen LogP contribution >= 0.6 is 0 Å². The molecule has 2 saturated heterocycles. The number of hydrogen-bond donors (Lipinski definition) is 2. The Kier molecular flexibility index (Phi) is 4.19. The Labute approximate surface area is 129 Å². The van der Waals surface area contributed by atoms with E-state index in [9.17, 15) is 5.11 Å². The fourth-order valence-corrected chi connectivity index (χ4v) is 5.02. The number of rotatable bonds is 4. The van der Waals surface area contributed by atoms with Crippen molar-refractivity contribution in [3.63, 3.8) is 0 Å². The van der Waals surface area contributed by atoms with Crippen molar-refractivity contribution >= 4 is 0 Å². The fraction of sp³-hybridized carbons (Fsp3) is 0.889. The van der Waals surface area contributed by atoms with E-state index in [1.54, 1.807) is 11.1 Å². The Hall–Kier alpha value is -0.380. The molecule has 2 heterocycles. The van der Waals surface area contributed by atoms with E-state index in [1.807, 2.05) is 0 Å². The molecule has 0 amide bonds. The van der Waals surface area contributed by atoms with Crippen LogP contribution in [0.2, 0.25) is 0 Å². The van der Waals surface area contributed by atoms with E-state index in [0.717, 1.165) is 19.6 Å². The highest BCUT2D eigenvalue weighted by Gasteiger charge is 2.49. The van der Waals surface area contributed by atoms with E-state index in [1.165, 1.54) is 38.8 Å². The lowest BCUT2D eigenvalue weighted by Crippen LogP contribution is -2.36. The number of likely N-dealkylation sites (tertiary alicyclic amines) is 1. The second kappa shape index (κ2) is 5.68. The molecule has 21 heavy (non-hydrogen) atoms. The summed E-state index contributed by atoms with van der Waals surface area (Å²) in [7, 11) is 0. The Bertz CT molecular complexity index is 429. The number of fused-ring (bicyclic) bond motifs is 1. The zero-order valence-corrected chi connectivity index (χ0v) is 14.0. The van der Waals surface area contributed by atoms with Gasteiger partial charge in [0.1, 0.15) is 0 Å². The van der Waals surface area contributed by atoms with Crippen LogP contribution in [0.25, 0.3) is 0 Å². The topological polar surface area (TPSA) is 35.5 Å². The van der Waals surface area contributed by atoms with Gasteiger partial charge in [-0.1, -0.05) is 25.0 Å². The third-order valence-electron chi connectivity index (χ3n) is 6.43. The van der Waals surface area contributed by atoms with Crippen LogP contribution < -0.4 is 5.32 Å². The molecule has 0 spiro atoms. The first-order valence-electron chi connectivity index (χ1n) is 8.70. The highest BCUT2D eigenvalue weighted by Crippen LogP contribution is 2.43. The summed E-state index contributed by atoms with van der Waals surface area (Å²) in [5.41, 5.74) is 3.89. The average Bonchev–Trinajstić information content (AvgIpc) is 2.94. The summed E-state index contributed by atoms with van der Waals surface area (Å²) in [6.45, 7) is 13.0. The summed E-state index contributed by atoms with van der Waals surface area (Å²) in [6, 6.07) is 0. The van der Waals surface area contributed by atoms with Gasteiger partial charge in [0, 0.05) is 31.6 Å². The Morgan fingerprint density at radius 3 is 2.86 bits per heavy atom. The predicted octanol–water partition coefficient (Wildman–Crippen LogP) is 2.42. The van der Waals surface area contributed by atoms with Crippen molar-refractivity contribution in [2.75, 3.05) is 39.3 Å². The highest BCUT2D eigenvalue weighted by atomic mass is 16.3. The third-order valence-corrected chi connectivity index (χ3v) is 6.43. The van der Waals surface area contributed by atoms with Crippen LogP contribution in [0.15, 0.2) is 11.1 Å². The Morgan fingerprint density at radius 1 is 1.38 bits per heavy atom. The van der Waals surface area contributed by atoms with Gasteiger partial charge in [0.2, 0.25) is 0 Å². The SMILES string of the molecule is CC1=C(CCN2CC3CNCC3(CO)C2)C(C)(C)CCC1. The maximum absolute atomic E-state index is 9.81. The van der Waals surface area contributed by atoms with Crippen molar-refractivity contribution in [2.45, 2.75) is 46.5 Å². The summed E-state index contributed by atoms with van der Waals surface area (Å²) >= 11 is 0. The smallest absolute Gasteiger partial charge is 0.0515 e. The molecule has 0 aromatic rings. The summed E-state index contributed by atoms with van der Waals surface area (Å²) < 4.78 is 0. The van der Waals surface area contributed by atoms with Crippen LogP contribution in [-0.2, 0) is 0 Å². The van der Waals surface area contributed by atoms with Gasteiger partial charge >= 0.3 is 0 Å². The summed E-state index contributed by atoms with van der Waals surface area (Å²) in [5.74, 6) is 0.650. The minimum Gasteiger partial charge on any atom is -0.396 e. The molecule has 3 aliphatic rings. The van der Waals surface area contributed by atoms with Gasteiger partial charge in [-0.3, -0.25) is 0 Å². The molecule has 3 heteroatoms. The van der Waals surface area contributed by atoms with Crippen molar-refractivity contribution in [3.05, 3.63) is 11.1 Å². The quantitative estimate of drug-likeness (QED) is 0.781. The van der Waals surface area contributed by atoms with E-state index in [4.69, 9.17) is 0 Å². The van der Waals surface area contributed by atoms with E-state index in [-0.39, 0.29) is 5.41 Å². The maximum atomic E-state index is 9.81. The number of aliphatic hydroxyl groups excluding tert-OH is 1. The van der Waals surface area contributed by atoms with Gasteiger partial charge in [0.15, 0.2) is 0 Å². The summed E-state index contributed by atoms with van der Waals surface area (Å²) in [6.07, 6.45) is 5.21. The molecule has 2 N–H and O–H groups in total. The lowest BCUT2D eigenvalue weighted by Gasteiger charge is -2.35. The molecular formula is C18H32N2O. The normalized spacial score (nSPS) is 36.3. The first-order valence-corrected chi connectivity index (χ1v) is 8.70. The molecule has 0 aromatic heterocycles. The number of hydrogen-bond acceptors (Lipinski definition) is 3. The van der Waals surface area contributed by atoms with Gasteiger partial charge < -0.3 is 15.3 Å². The molecule has 2 fully saturated rings. The monoisotopic (exact) mass is 292 g/mol. The molecule has 2 atom stereocenters. The molecule has 0 radical (unpaired) electrons. The Balaban J connectivity index is 1.62. The van der Waals surface area contributed by atoms with Crippen LogP contribution in [-0.4, -0.2) is 49.3 Å². The van der Waals surface area contributed by atoms with Crippen LogP contribution in [0.5, 0.6) is 0 Å². The maximum Gasteiger partial charge on any atom is 0.0515 e. The zero-order chi connectivity index (χ0) is 15.1. The first-order chi connectivity index (χ1) is 9.97. The third kappa shape index (κ3) is 2.80. The van der Waals surface area contributed by atoms with E-state index >= 15 is 0 Å². The molecule has 3 rings (SSSR count). The first kappa shape index (κ1) is 15.5. The molecule has 1 aliphatic carbocycles. The minimum atomic E-state index is 0.144. The minimum absolute atomic E-state index is 0.144. The number of aliphatic hydroxyl groups is 1. The Morgan fingerprint density at radius 2 is 2.19 bits per heavy atom. The average molecular weight is 292 g/mol. The molecule has 2 unspecified atom stereocenters. The molecule has 0 saturated carbocycles. The lowest BCUT2D eigenvalue weighted by atomic mass is 9.71. The summed E-state index contributed by atoms with van der Waals surface area (Å²) in [4.78, 5) is 2.60. The molecular weight excluding hydrogens is 260 g/mol. The van der Waals surface area contributed by atoms with E-state index < -0.39 is 0 Å². The van der Waals surface area contributed by atoms with Gasteiger partial charge in [-0.05, 0) is 50.5 Å². The number of allylic oxidation sites excluding steroid dienone is 1. The molecule has 120 valence electrons. The van der Waals surface area contributed by atoms with Crippen molar-refractivity contribution in [3.8, 4) is 0 Å². The molecule has 0 aromatic carbocycles. The largest absolute Gasteiger partial charge is 0.396 e. The van der Waals surface area contributed by atoms with Crippen LogP contribution in [0, 0.1) is 16.7 Å². The second-order valence-electron chi connectivity index (χ2n) is 8.33. The van der Waals surface area contributed by atoms with Crippen molar-refractivity contribution < 1.29 is 5.11 Å². The van der Waals surface area contributed by atoms with Crippen LogP contribution in [0.4, 0.5) is 0 Å². The van der Waals surface area contributed by atoms with Crippen molar-refractivity contribution in [2.24, 2.45) is 16.7 Å². The zero-order valence-electron chi connectivity index (χ0n) is 14.0. The van der Waals surface area contributed by atoms with Gasteiger partial charge in [-0.2, -0.15) is 0 Å². The summed E-state index contributed by atoms with van der Waals surface area (Å²) in [5, 5.41) is 13.3. The molecule has 2 aliphatic heterocycles. The van der Waals surface area contributed by atoms with Crippen LogP contribution in [0.1, 0.15) is 46.5 Å². The standard InChI is InChI=1S/C18H32N2O/c1-14-5-4-7-17(2,3)16(14)6-8-20-10-15-9-19-11-18(15,12-20)13-21/h15,19,21H,4-13H2,1-3H3. The van der Waals surface area contributed by atoms with Crippen molar-refractivity contribution in [1.82, 2.24) is 10.2 Å². The fourth-order valence-electron chi connectivity index (χ4n) is 5.02. The van der Waals surface area contributed by atoms with Crippen LogP contribution in [0.3, 0.4) is 0 Å². The van der Waals surface area contributed by atoms with E-state index in [0.29, 0.717) is 17.9 Å².